The summed E-state index contributed by atoms with van der Waals surface area (Å²) in [6.45, 7) is 15.8. The van der Waals surface area contributed by atoms with Crippen molar-refractivity contribution < 1.29 is 13.8 Å². The van der Waals surface area contributed by atoms with Crippen molar-refractivity contribution in [1.82, 2.24) is 14.2 Å². The number of ether oxygens (including phenoxy) is 1. The van der Waals surface area contributed by atoms with Crippen molar-refractivity contribution in [2.45, 2.75) is 130 Å². The third-order valence-corrected chi connectivity index (χ3v) is 8.64. The minimum Gasteiger partial charge on any atom is -0.370 e. The van der Waals surface area contributed by atoms with E-state index in [-0.39, 0.29) is 30.0 Å². The minimum absolute atomic E-state index is 0.163. The topological polar surface area (TPSA) is 102 Å². The molecule has 1 aliphatic rings. The first-order chi connectivity index (χ1) is 17.7. The standard InChI is InChI=1S/C27H48N5O4P/c1-8-10-11-12-13-16-29-26-22(7)19-31(27(33)30-26)25-18-24(23(9-2)35-25)36-37(34-17-14-15-28)32(20(3)4)21(5)6/h19-21,23-25H,8-14,16-18H2,1-7H3,(H,29,30,33)/t23-,24?,25-,37?/m1/s1. The molecule has 1 fully saturated rings. The third kappa shape index (κ3) is 9.60. The maximum Gasteiger partial charge on any atom is 0.351 e. The van der Waals surface area contributed by atoms with Gasteiger partial charge >= 0.3 is 5.69 Å². The van der Waals surface area contributed by atoms with Gasteiger partial charge in [0.2, 0.25) is 0 Å². The summed E-state index contributed by atoms with van der Waals surface area (Å²) in [7, 11) is -1.39. The van der Waals surface area contributed by atoms with Gasteiger partial charge in [0.1, 0.15) is 12.0 Å². The fourth-order valence-corrected chi connectivity index (χ4v) is 6.40. The predicted octanol–water partition coefficient (Wildman–Crippen LogP) is 6.29. The molecule has 0 radical (unpaired) electrons. The second kappa shape index (κ2) is 16.4. The summed E-state index contributed by atoms with van der Waals surface area (Å²) in [5, 5.41) is 12.3. The van der Waals surface area contributed by atoms with Gasteiger partial charge < -0.3 is 19.1 Å². The van der Waals surface area contributed by atoms with Crippen LogP contribution in [0.15, 0.2) is 11.0 Å². The van der Waals surface area contributed by atoms with Gasteiger partial charge in [-0.3, -0.25) is 4.57 Å². The molecule has 2 unspecified atom stereocenters. The van der Waals surface area contributed by atoms with Gasteiger partial charge in [0.15, 0.2) is 0 Å². The van der Waals surface area contributed by atoms with Crippen molar-refractivity contribution >= 4 is 14.3 Å². The Labute approximate surface area is 224 Å². The molecule has 0 saturated carbocycles. The Bertz CT molecular complexity index is 896. The summed E-state index contributed by atoms with van der Waals surface area (Å²) in [6.07, 6.45) is 8.59. The van der Waals surface area contributed by atoms with Crippen LogP contribution in [0.1, 0.15) is 105 Å². The lowest BCUT2D eigenvalue weighted by Crippen LogP contribution is -2.35. The van der Waals surface area contributed by atoms with Crippen LogP contribution in [0.5, 0.6) is 0 Å². The first-order valence-electron chi connectivity index (χ1n) is 14.0. The summed E-state index contributed by atoms with van der Waals surface area (Å²) in [6, 6.07) is 2.57. The molecule has 0 aromatic carbocycles. The van der Waals surface area contributed by atoms with Crippen molar-refractivity contribution in [2.75, 3.05) is 18.5 Å². The van der Waals surface area contributed by atoms with E-state index in [2.05, 4.69) is 62.6 Å². The molecule has 0 spiro atoms. The fourth-order valence-electron chi connectivity index (χ4n) is 4.64. The number of anilines is 1. The predicted molar refractivity (Wildman–Crippen MR) is 149 cm³/mol. The highest BCUT2D eigenvalue weighted by molar-refractivity contribution is 7.44. The fraction of sp³-hybridized carbons (Fsp3) is 0.815. The van der Waals surface area contributed by atoms with E-state index in [1.54, 1.807) is 4.57 Å². The maximum absolute atomic E-state index is 13.0. The van der Waals surface area contributed by atoms with Gasteiger partial charge in [-0.05, 0) is 47.5 Å². The van der Waals surface area contributed by atoms with E-state index in [0.717, 1.165) is 24.9 Å². The van der Waals surface area contributed by atoms with E-state index in [4.69, 9.17) is 19.0 Å². The van der Waals surface area contributed by atoms with Crippen LogP contribution in [0, 0.1) is 18.3 Å². The number of hydrogen-bond donors (Lipinski definition) is 1. The van der Waals surface area contributed by atoms with Crippen LogP contribution in [-0.2, 0) is 13.8 Å². The van der Waals surface area contributed by atoms with Crippen LogP contribution < -0.4 is 11.0 Å². The highest BCUT2D eigenvalue weighted by Gasteiger charge is 2.40. The molecule has 0 aliphatic carbocycles. The molecule has 0 amide bonds. The lowest BCUT2D eigenvalue weighted by Gasteiger charge is -2.37. The van der Waals surface area contributed by atoms with Gasteiger partial charge in [0, 0.05) is 36.8 Å². The van der Waals surface area contributed by atoms with E-state index in [0.29, 0.717) is 25.3 Å². The Balaban J connectivity index is 2.12. The SMILES string of the molecule is CCCCCCCNc1nc(=O)n([C@H]2CC(OP(OCCC#N)N(C(C)C)C(C)C)[C@@H](CC)O2)cc1C. The third-order valence-electron chi connectivity index (χ3n) is 6.49. The highest BCUT2D eigenvalue weighted by Crippen LogP contribution is 2.50. The number of unbranched alkanes of at least 4 members (excludes halogenated alkanes) is 4. The summed E-state index contributed by atoms with van der Waals surface area (Å²) < 4.78 is 22.8. The van der Waals surface area contributed by atoms with Gasteiger partial charge in [-0.25, -0.2) is 9.46 Å². The largest absolute Gasteiger partial charge is 0.370 e. The molecule has 0 bridgehead atoms. The van der Waals surface area contributed by atoms with Crippen LogP contribution >= 0.6 is 8.53 Å². The molecule has 1 N–H and O–H groups in total. The lowest BCUT2D eigenvalue weighted by atomic mass is 10.1. The Morgan fingerprint density at radius 1 is 1.24 bits per heavy atom. The Kier molecular flexibility index (Phi) is 14.0. The summed E-state index contributed by atoms with van der Waals surface area (Å²) in [5.41, 5.74) is 0.597. The van der Waals surface area contributed by atoms with Crippen molar-refractivity contribution in [2.24, 2.45) is 0 Å². The van der Waals surface area contributed by atoms with Gasteiger partial charge in [-0.15, -0.1) is 0 Å². The van der Waals surface area contributed by atoms with Crippen LogP contribution in [-0.4, -0.2) is 51.7 Å². The molecule has 1 aromatic rings. The van der Waals surface area contributed by atoms with Gasteiger partial charge in [0.05, 0.1) is 31.3 Å². The number of nitrogens with one attached hydrogen (secondary N) is 1. The zero-order valence-electron chi connectivity index (χ0n) is 23.9. The van der Waals surface area contributed by atoms with Crippen LogP contribution in [0.4, 0.5) is 5.82 Å². The first-order valence-corrected chi connectivity index (χ1v) is 15.1. The molecule has 210 valence electrons. The van der Waals surface area contributed by atoms with E-state index in [9.17, 15) is 4.79 Å². The molecule has 9 nitrogen and oxygen atoms in total. The second-order valence-electron chi connectivity index (χ2n) is 10.3. The smallest absolute Gasteiger partial charge is 0.351 e. The van der Waals surface area contributed by atoms with Crippen LogP contribution in [0.3, 0.4) is 0 Å². The van der Waals surface area contributed by atoms with E-state index >= 15 is 0 Å². The number of hydrogen-bond acceptors (Lipinski definition) is 8. The van der Waals surface area contributed by atoms with Crippen LogP contribution in [0.2, 0.25) is 0 Å². The number of nitriles is 1. The van der Waals surface area contributed by atoms with Crippen molar-refractivity contribution in [3.05, 3.63) is 22.2 Å². The first kappa shape index (κ1) is 31.7. The molecule has 10 heteroatoms. The van der Waals surface area contributed by atoms with Crippen LogP contribution in [0.25, 0.3) is 0 Å². The zero-order chi connectivity index (χ0) is 27.4. The molecular formula is C27H48N5O4P. The number of aromatic nitrogens is 2. The molecular weight excluding hydrogens is 489 g/mol. The van der Waals surface area contributed by atoms with Gasteiger partial charge in [0.25, 0.3) is 8.53 Å². The molecule has 4 atom stereocenters. The average Bonchev–Trinajstić information content (AvgIpc) is 3.25. The monoisotopic (exact) mass is 537 g/mol. The molecule has 2 rings (SSSR count). The van der Waals surface area contributed by atoms with E-state index in [1.165, 1.54) is 25.7 Å². The Hall–Kier alpha value is -1.56. The summed E-state index contributed by atoms with van der Waals surface area (Å²) >= 11 is 0. The normalized spacial score (nSPS) is 20.6. The number of rotatable bonds is 17. The summed E-state index contributed by atoms with van der Waals surface area (Å²) in [5.74, 6) is 0.647. The Morgan fingerprint density at radius 3 is 2.57 bits per heavy atom. The molecule has 1 aliphatic heterocycles. The maximum atomic E-state index is 13.0. The molecule has 37 heavy (non-hydrogen) atoms. The zero-order valence-corrected chi connectivity index (χ0v) is 24.8. The minimum atomic E-state index is -1.39. The molecule has 2 heterocycles. The summed E-state index contributed by atoms with van der Waals surface area (Å²) in [4.78, 5) is 17.3. The number of aryl methyl sites for hydroxylation is 1. The quantitative estimate of drug-likeness (QED) is 0.183. The van der Waals surface area contributed by atoms with E-state index in [1.807, 2.05) is 13.1 Å². The molecule has 1 saturated heterocycles. The molecule has 1 aromatic heterocycles. The highest BCUT2D eigenvalue weighted by atomic mass is 31.2. The van der Waals surface area contributed by atoms with Crippen molar-refractivity contribution in [3.8, 4) is 6.07 Å². The van der Waals surface area contributed by atoms with Crippen molar-refractivity contribution in [1.29, 1.82) is 5.26 Å². The average molecular weight is 538 g/mol. The van der Waals surface area contributed by atoms with Gasteiger partial charge in [-0.2, -0.15) is 10.2 Å². The van der Waals surface area contributed by atoms with Crippen molar-refractivity contribution in [3.63, 3.8) is 0 Å². The van der Waals surface area contributed by atoms with Gasteiger partial charge in [-0.1, -0.05) is 39.5 Å². The Morgan fingerprint density at radius 2 is 1.95 bits per heavy atom. The second-order valence-corrected chi connectivity index (χ2v) is 11.7. The van der Waals surface area contributed by atoms with E-state index < -0.39 is 14.8 Å². The number of nitrogens with zero attached hydrogens (tertiary/aromatic N) is 4. The lowest BCUT2D eigenvalue weighted by molar-refractivity contribution is -0.0201.